The number of benzene rings is 2. The lowest BCUT2D eigenvalue weighted by Crippen LogP contribution is -2.55. The fourth-order valence-electron chi connectivity index (χ4n) is 4.22. The molecule has 0 unspecified atom stereocenters. The van der Waals surface area contributed by atoms with E-state index in [2.05, 4.69) is 5.32 Å². The summed E-state index contributed by atoms with van der Waals surface area (Å²) >= 11 is 0. The van der Waals surface area contributed by atoms with Gasteiger partial charge in [-0.1, -0.05) is 6.07 Å². The van der Waals surface area contributed by atoms with Crippen molar-refractivity contribution in [2.24, 2.45) is 5.73 Å². The number of hydrogen-bond donors (Lipinski definition) is 4. The summed E-state index contributed by atoms with van der Waals surface area (Å²) in [6, 6.07) is 11.7. The highest BCUT2D eigenvalue weighted by Gasteiger charge is 2.41. The maximum Gasteiger partial charge on any atom is 0.259 e. The first-order valence-corrected chi connectivity index (χ1v) is 10.6. The number of nitrogens with two attached hydrogens (primary N) is 1. The third kappa shape index (κ3) is 4.54. The molecule has 0 aromatic heterocycles. The predicted octanol–water partition coefficient (Wildman–Crippen LogP) is 1.53. The van der Waals surface area contributed by atoms with Crippen LogP contribution in [0.2, 0.25) is 0 Å². The monoisotopic (exact) mass is 486 g/mol. The van der Waals surface area contributed by atoms with Gasteiger partial charge in [0.15, 0.2) is 12.2 Å². The number of fused-ring (bicyclic) bond motifs is 1. The Bertz CT molecular complexity index is 1150. The van der Waals surface area contributed by atoms with E-state index in [9.17, 15) is 19.5 Å². The summed E-state index contributed by atoms with van der Waals surface area (Å²) < 4.78 is 5.46. The minimum absolute atomic E-state index is 0. The maximum absolute atomic E-state index is 13.1. The van der Waals surface area contributed by atoms with E-state index in [0.29, 0.717) is 23.4 Å². The number of Topliss-reactive ketones (excluding diaryl/α,β-unsaturated/α-hetero) is 1. The first kappa shape index (κ1) is 25.4. The molecule has 2 atom stereocenters. The molecule has 2 amide bonds. The van der Waals surface area contributed by atoms with E-state index in [1.807, 2.05) is 26.0 Å². The van der Waals surface area contributed by atoms with Crippen molar-refractivity contribution in [2.45, 2.75) is 37.9 Å². The van der Waals surface area contributed by atoms with Gasteiger partial charge >= 0.3 is 0 Å². The average Bonchev–Trinajstić information content (AvgIpc) is 3.01. The van der Waals surface area contributed by atoms with E-state index in [0.717, 1.165) is 11.1 Å². The molecule has 2 aromatic rings. The number of amidine groups is 1. The van der Waals surface area contributed by atoms with E-state index < -0.39 is 29.4 Å². The number of nitrogens with zero attached hydrogens (tertiary/aromatic N) is 1. The molecule has 0 radical (unpaired) electrons. The van der Waals surface area contributed by atoms with Gasteiger partial charge < -0.3 is 25.8 Å². The number of nitrogens with one attached hydrogen (secondary N) is 2. The normalized spacial score (nSPS) is 19.7. The summed E-state index contributed by atoms with van der Waals surface area (Å²) in [5, 5.41) is 20.5. The van der Waals surface area contributed by atoms with Gasteiger partial charge in [0.05, 0.1) is 6.61 Å². The van der Waals surface area contributed by atoms with Gasteiger partial charge in [0.1, 0.15) is 11.6 Å². The highest BCUT2D eigenvalue weighted by Crippen LogP contribution is 2.38. The van der Waals surface area contributed by atoms with Crippen LogP contribution in [0.4, 0.5) is 11.4 Å². The summed E-state index contributed by atoms with van der Waals surface area (Å²) in [5.41, 5.74) is 8.17. The van der Waals surface area contributed by atoms with Crippen LogP contribution < -0.4 is 16.0 Å². The fraction of sp³-hybridized carbons (Fsp3) is 0.333. The zero-order valence-electron chi connectivity index (χ0n) is 18.8. The Morgan fingerprint density at radius 1 is 1.24 bits per heavy atom. The van der Waals surface area contributed by atoms with Crippen LogP contribution in [0.5, 0.6) is 0 Å². The number of amides is 2. The van der Waals surface area contributed by atoms with Crippen LogP contribution in [0.25, 0.3) is 0 Å². The first-order valence-electron chi connectivity index (χ1n) is 10.6. The fourth-order valence-corrected chi connectivity index (χ4v) is 4.22. The molecule has 10 heteroatoms. The number of aliphatic hydroxyl groups is 1. The quantitative estimate of drug-likeness (QED) is 0.372. The summed E-state index contributed by atoms with van der Waals surface area (Å²) in [4.78, 5) is 39.5. The minimum atomic E-state index is -1.72. The molecule has 2 aromatic carbocycles. The highest BCUT2D eigenvalue weighted by atomic mass is 35.5. The van der Waals surface area contributed by atoms with Crippen LogP contribution in [-0.2, 0) is 31.0 Å². The van der Waals surface area contributed by atoms with Crippen LogP contribution in [-0.4, -0.2) is 53.9 Å². The van der Waals surface area contributed by atoms with Gasteiger partial charge in [-0.25, -0.2) is 0 Å². The zero-order valence-corrected chi connectivity index (χ0v) is 19.6. The number of ketones is 1. The Morgan fingerprint density at radius 3 is 2.56 bits per heavy atom. The van der Waals surface area contributed by atoms with Crippen molar-refractivity contribution in [3.8, 4) is 0 Å². The molecule has 2 aliphatic rings. The van der Waals surface area contributed by atoms with Crippen molar-refractivity contribution in [3.05, 3.63) is 59.2 Å². The van der Waals surface area contributed by atoms with Gasteiger partial charge in [-0.2, -0.15) is 0 Å². The van der Waals surface area contributed by atoms with Gasteiger partial charge in [-0.05, 0) is 61.4 Å². The molecule has 1 heterocycles. The molecule has 1 fully saturated rings. The Balaban J connectivity index is 0.00000324. The number of rotatable bonds is 5. The van der Waals surface area contributed by atoms with Crippen molar-refractivity contribution in [3.63, 3.8) is 0 Å². The SMILES string of the molecule is CC1(C)C(=O)Cc2cc(N3CCO[C@H]([C@@H](O)C(=O)Nc4ccc(C(=N)N)cc4)C3=O)ccc21.Cl. The Kier molecular flexibility index (Phi) is 7.11. The lowest BCUT2D eigenvalue weighted by Gasteiger charge is -2.34. The van der Waals surface area contributed by atoms with Gasteiger partial charge in [0.2, 0.25) is 0 Å². The van der Waals surface area contributed by atoms with Crippen molar-refractivity contribution >= 4 is 47.2 Å². The molecule has 4 rings (SSSR count). The van der Waals surface area contributed by atoms with Gasteiger partial charge in [0, 0.05) is 35.3 Å². The van der Waals surface area contributed by atoms with E-state index in [1.165, 1.54) is 4.90 Å². The largest absolute Gasteiger partial charge is 0.384 e. The number of morpholine rings is 1. The van der Waals surface area contributed by atoms with Crippen molar-refractivity contribution in [2.75, 3.05) is 23.4 Å². The van der Waals surface area contributed by atoms with Crippen LogP contribution in [0, 0.1) is 5.41 Å². The van der Waals surface area contributed by atoms with E-state index in [-0.39, 0.29) is 37.2 Å². The molecule has 5 N–H and O–H groups in total. The van der Waals surface area contributed by atoms with E-state index >= 15 is 0 Å². The lowest BCUT2D eigenvalue weighted by molar-refractivity contribution is -0.150. The first-order chi connectivity index (χ1) is 15.6. The Labute approximate surface area is 203 Å². The number of halogens is 1. The lowest BCUT2D eigenvalue weighted by atomic mass is 9.85. The molecule has 1 aliphatic heterocycles. The van der Waals surface area contributed by atoms with Gasteiger partial charge in [-0.3, -0.25) is 19.8 Å². The number of nitrogen functional groups attached to an aromatic ring is 1. The highest BCUT2D eigenvalue weighted by molar-refractivity contribution is 6.04. The zero-order chi connectivity index (χ0) is 23.9. The minimum Gasteiger partial charge on any atom is -0.384 e. The predicted molar refractivity (Wildman–Crippen MR) is 130 cm³/mol. The molecular weight excluding hydrogens is 460 g/mol. The van der Waals surface area contributed by atoms with Crippen molar-refractivity contribution in [1.29, 1.82) is 5.41 Å². The summed E-state index contributed by atoms with van der Waals surface area (Å²) in [6.45, 7) is 4.20. The number of aliphatic hydroxyl groups excluding tert-OH is 1. The molecule has 0 saturated carbocycles. The van der Waals surface area contributed by atoms with E-state index in [4.69, 9.17) is 15.9 Å². The molecule has 180 valence electrons. The third-order valence-electron chi connectivity index (χ3n) is 6.26. The second-order valence-corrected chi connectivity index (χ2v) is 8.77. The number of carbonyl (C=O) groups is 3. The molecule has 34 heavy (non-hydrogen) atoms. The number of ether oxygens (including phenoxy) is 1. The summed E-state index contributed by atoms with van der Waals surface area (Å²) in [6.07, 6.45) is -2.77. The number of anilines is 2. The summed E-state index contributed by atoms with van der Waals surface area (Å²) in [5.74, 6) is -1.29. The molecule has 9 nitrogen and oxygen atoms in total. The van der Waals surface area contributed by atoms with Gasteiger partial charge in [0.25, 0.3) is 11.8 Å². The second kappa shape index (κ2) is 9.54. The second-order valence-electron chi connectivity index (χ2n) is 8.77. The standard InChI is InChI=1S/C24H26N4O5.ClH/c1-24(2)17-8-7-16(11-14(17)12-18(24)29)28-9-10-33-20(23(28)32)19(30)22(31)27-15-5-3-13(4-6-15)21(25)26;/h3-8,11,19-20,30H,9-10,12H2,1-2H3,(H3,25,26)(H,27,31);1H/t19-,20-;/m1./s1. The van der Waals surface area contributed by atoms with Gasteiger partial charge in [-0.15, -0.1) is 12.4 Å². The number of carbonyl (C=O) groups excluding carboxylic acids is 3. The molecular formula is C24H27ClN4O5. The molecule has 1 aliphatic carbocycles. The van der Waals surface area contributed by atoms with Crippen LogP contribution in [0.1, 0.15) is 30.5 Å². The Morgan fingerprint density at radius 2 is 1.91 bits per heavy atom. The Hall–Kier alpha value is -3.27. The molecule has 0 spiro atoms. The molecule has 0 bridgehead atoms. The van der Waals surface area contributed by atoms with Crippen LogP contribution in [0.15, 0.2) is 42.5 Å². The van der Waals surface area contributed by atoms with E-state index in [1.54, 1.807) is 30.3 Å². The van der Waals surface area contributed by atoms with Crippen LogP contribution >= 0.6 is 12.4 Å². The van der Waals surface area contributed by atoms with Crippen LogP contribution in [0.3, 0.4) is 0 Å². The average molecular weight is 487 g/mol. The topological polar surface area (TPSA) is 146 Å². The molecule has 1 saturated heterocycles. The maximum atomic E-state index is 13.1. The third-order valence-corrected chi connectivity index (χ3v) is 6.26. The van der Waals surface area contributed by atoms with Crippen molar-refractivity contribution < 1.29 is 24.2 Å². The smallest absolute Gasteiger partial charge is 0.259 e. The summed E-state index contributed by atoms with van der Waals surface area (Å²) in [7, 11) is 0. The van der Waals surface area contributed by atoms with Crippen molar-refractivity contribution in [1.82, 2.24) is 0 Å². The number of hydrogen-bond acceptors (Lipinski definition) is 6.